The molecular formula is C14H12ClN3O2. The molecule has 1 aromatic carbocycles. The molecule has 102 valence electrons. The summed E-state index contributed by atoms with van der Waals surface area (Å²) in [5, 5.41) is 4.01. The largest absolute Gasteiger partial charge is 0.497 e. The maximum absolute atomic E-state index is 11.8. The topological polar surface area (TPSA) is 63.6 Å². The van der Waals surface area contributed by atoms with Gasteiger partial charge in [0.1, 0.15) is 10.9 Å². The third-order valence-electron chi connectivity index (χ3n) is 2.50. The molecule has 0 bridgehead atoms. The molecule has 0 atom stereocenters. The van der Waals surface area contributed by atoms with Gasteiger partial charge in [-0.1, -0.05) is 11.6 Å². The highest BCUT2D eigenvalue weighted by Gasteiger charge is 2.08. The zero-order valence-electron chi connectivity index (χ0n) is 10.7. The second-order valence-electron chi connectivity index (χ2n) is 3.81. The fourth-order valence-electron chi connectivity index (χ4n) is 1.47. The Morgan fingerprint density at radius 3 is 2.75 bits per heavy atom. The number of carbonyl (C=O) groups is 1. The van der Waals surface area contributed by atoms with Crippen molar-refractivity contribution < 1.29 is 9.53 Å². The molecule has 0 aliphatic rings. The van der Waals surface area contributed by atoms with E-state index in [0.29, 0.717) is 0 Å². The molecule has 5 nitrogen and oxygen atoms in total. The van der Waals surface area contributed by atoms with Crippen molar-refractivity contribution >= 4 is 23.7 Å². The Balaban J connectivity index is 1.99. The van der Waals surface area contributed by atoms with Crippen LogP contribution in [0.15, 0.2) is 47.7 Å². The number of rotatable bonds is 4. The molecule has 0 aliphatic carbocycles. The van der Waals surface area contributed by atoms with E-state index in [1.54, 1.807) is 31.4 Å². The van der Waals surface area contributed by atoms with Crippen LogP contribution in [0.3, 0.4) is 0 Å². The van der Waals surface area contributed by atoms with E-state index < -0.39 is 5.91 Å². The van der Waals surface area contributed by atoms with Gasteiger partial charge in [0.05, 0.1) is 18.9 Å². The number of benzene rings is 1. The molecule has 2 rings (SSSR count). The lowest BCUT2D eigenvalue weighted by atomic mass is 10.2. The quantitative estimate of drug-likeness (QED) is 0.534. The Bertz CT molecular complexity index is 627. The molecule has 20 heavy (non-hydrogen) atoms. The van der Waals surface area contributed by atoms with Crippen LogP contribution >= 0.6 is 11.6 Å². The number of hydrogen-bond acceptors (Lipinski definition) is 4. The highest BCUT2D eigenvalue weighted by atomic mass is 35.5. The van der Waals surface area contributed by atoms with E-state index in [9.17, 15) is 4.79 Å². The summed E-state index contributed by atoms with van der Waals surface area (Å²) in [6, 6.07) is 10.5. The molecule has 0 fully saturated rings. The van der Waals surface area contributed by atoms with Crippen molar-refractivity contribution in [2.75, 3.05) is 7.11 Å². The lowest BCUT2D eigenvalue weighted by Gasteiger charge is -2.01. The SMILES string of the molecule is COc1ccc(/C=N/NC(=O)c2cccnc2Cl)cc1. The van der Waals surface area contributed by atoms with Gasteiger partial charge in [0.15, 0.2) is 0 Å². The fraction of sp³-hybridized carbons (Fsp3) is 0.0714. The van der Waals surface area contributed by atoms with E-state index in [-0.39, 0.29) is 10.7 Å². The standard InChI is InChI=1S/C14H12ClN3O2/c1-20-11-6-4-10(5-7-11)9-17-18-14(19)12-3-2-8-16-13(12)15/h2-9H,1H3,(H,18,19)/b17-9+. The zero-order valence-corrected chi connectivity index (χ0v) is 11.5. The van der Waals surface area contributed by atoms with Crippen LogP contribution in [-0.4, -0.2) is 24.2 Å². The number of ether oxygens (including phenoxy) is 1. The summed E-state index contributed by atoms with van der Waals surface area (Å²) in [4.78, 5) is 15.6. The van der Waals surface area contributed by atoms with Gasteiger partial charge in [0, 0.05) is 6.20 Å². The third-order valence-corrected chi connectivity index (χ3v) is 2.80. The molecule has 0 radical (unpaired) electrons. The van der Waals surface area contributed by atoms with Crippen LogP contribution < -0.4 is 10.2 Å². The molecule has 1 heterocycles. The van der Waals surface area contributed by atoms with E-state index in [0.717, 1.165) is 11.3 Å². The number of nitrogens with zero attached hydrogens (tertiary/aromatic N) is 2. The van der Waals surface area contributed by atoms with Crippen LogP contribution in [0.4, 0.5) is 0 Å². The van der Waals surface area contributed by atoms with E-state index >= 15 is 0 Å². The predicted molar refractivity (Wildman–Crippen MR) is 77.3 cm³/mol. The normalized spacial score (nSPS) is 10.5. The molecule has 0 aliphatic heterocycles. The first kappa shape index (κ1) is 14.0. The lowest BCUT2D eigenvalue weighted by Crippen LogP contribution is -2.18. The van der Waals surface area contributed by atoms with Crippen LogP contribution in [0.25, 0.3) is 0 Å². The number of aromatic nitrogens is 1. The van der Waals surface area contributed by atoms with Crippen LogP contribution in [0.1, 0.15) is 15.9 Å². The van der Waals surface area contributed by atoms with Crippen molar-refractivity contribution in [2.45, 2.75) is 0 Å². The van der Waals surface area contributed by atoms with Crippen molar-refractivity contribution in [3.05, 3.63) is 58.9 Å². The smallest absolute Gasteiger partial charge is 0.274 e. The van der Waals surface area contributed by atoms with E-state index in [1.807, 2.05) is 12.1 Å². The van der Waals surface area contributed by atoms with Crippen LogP contribution in [0.5, 0.6) is 5.75 Å². The van der Waals surface area contributed by atoms with Gasteiger partial charge < -0.3 is 4.74 Å². The molecule has 0 spiro atoms. The highest BCUT2D eigenvalue weighted by Crippen LogP contribution is 2.11. The van der Waals surface area contributed by atoms with Crippen molar-refractivity contribution in [1.82, 2.24) is 10.4 Å². The number of pyridine rings is 1. The summed E-state index contributed by atoms with van der Waals surface area (Å²) in [6.07, 6.45) is 3.04. The maximum Gasteiger partial charge on any atom is 0.274 e. The Morgan fingerprint density at radius 2 is 2.10 bits per heavy atom. The number of halogens is 1. The second-order valence-corrected chi connectivity index (χ2v) is 4.17. The van der Waals surface area contributed by atoms with Gasteiger partial charge in [-0.05, 0) is 42.0 Å². The number of hydrazone groups is 1. The van der Waals surface area contributed by atoms with Crippen LogP contribution in [0.2, 0.25) is 5.15 Å². The third kappa shape index (κ3) is 3.55. The summed E-state index contributed by atoms with van der Waals surface area (Å²) >= 11 is 5.81. The minimum Gasteiger partial charge on any atom is -0.497 e. The van der Waals surface area contributed by atoms with Crippen molar-refractivity contribution in [1.29, 1.82) is 0 Å². The first-order valence-corrected chi connectivity index (χ1v) is 6.16. The predicted octanol–water partition coefficient (Wildman–Crippen LogP) is 2.51. The van der Waals surface area contributed by atoms with Gasteiger partial charge in [-0.3, -0.25) is 4.79 Å². The van der Waals surface area contributed by atoms with Gasteiger partial charge in [0.2, 0.25) is 0 Å². The molecule has 0 unspecified atom stereocenters. The van der Waals surface area contributed by atoms with Gasteiger partial charge in [-0.15, -0.1) is 0 Å². The first-order valence-electron chi connectivity index (χ1n) is 5.78. The van der Waals surface area contributed by atoms with E-state index in [2.05, 4.69) is 15.5 Å². The summed E-state index contributed by atoms with van der Waals surface area (Å²) in [5.74, 6) is 0.348. The number of amides is 1. The molecule has 6 heteroatoms. The molecular weight excluding hydrogens is 278 g/mol. The van der Waals surface area contributed by atoms with Gasteiger partial charge in [0.25, 0.3) is 5.91 Å². The van der Waals surface area contributed by atoms with Gasteiger partial charge in [-0.25, -0.2) is 10.4 Å². The van der Waals surface area contributed by atoms with Crippen LogP contribution in [-0.2, 0) is 0 Å². The molecule has 2 aromatic rings. The molecule has 1 amide bonds. The van der Waals surface area contributed by atoms with Crippen molar-refractivity contribution in [3.63, 3.8) is 0 Å². The molecule has 1 N–H and O–H groups in total. The minimum absolute atomic E-state index is 0.143. The summed E-state index contributed by atoms with van der Waals surface area (Å²) in [7, 11) is 1.60. The summed E-state index contributed by atoms with van der Waals surface area (Å²) < 4.78 is 5.05. The highest BCUT2D eigenvalue weighted by molar-refractivity contribution is 6.32. The molecule has 1 aromatic heterocycles. The van der Waals surface area contributed by atoms with Gasteiger partial charge in [-0.2, -0.15) is 5.10 Å². The first-order chi connectivity index (χ1) is 9.70. The maximum atomic E-state index is 11.8. The monoisotopic (exact) mass is 289 g/mol. The number of methoxy groups -OCH3 is 1. The molecule has 0 saturated heterocycles. The van der Waals surface area contributed by atoms with Gasteiger partial charge >= 0.3 is 0 Å². The van der Waals surface area contributed by atoms with Crippen LogP contribution in [0, 0.1) is 0 Å². The van der Waals surface area contributed by atoms with Crippen molar-refractivity contribution in [2.24, 2.45) is 5.10 Å². The average molecular weight is 290 g/mol. The minimum atomic E-state index is -0.409. The Hall–Kier alpha value is -2.40. The lowest BCUT2D eigenvalue weighted by molar-refractivity contribution is 0.0955. The zero-order chi connectivity index (χ0) is 14.4. The number of carbonyl (C=O) groups excluding carboxylic acids is 1. The average Bonchev–Trinajstić information content (AvgIpc) is 2.48. The second kappa shape index (κ2) is 6.68. The fourth-order valence-corrected chi connectivity index (χ4v) is 1.68. The van der Waals surface area contributed by atoms with E-state index in [4.69, 9.17) is 16.3 Å². The number of hydrogen-bond donors (Lipinski definition) is 1. The summed E-state index contributed by atoms with van der Waals surface area (Å²) in [5.41, 5.74) is 3.51. The van der Waals surface area contributed by atoms with E-state index in [1.165, 1.54) is 12.4 Å². The Kier molecular flexibility index (Phi) is 4.68. The number of nitrogens with one attached hydrogen (secondary N) is 1. The Labute approximate surface area is 121 Å². The Morgan fingerprint density at radius 1 is 1.35 bits per heavy atom. The van der Waals surface area contributed by atoms with Crippen molar-refractivity contribution in [3.8, 4) is 5.75 Å². The molecule has 0 saturated carbocycles. The summed E-state index contributed by atoms with van der Waals surface area (Å²) in [6.45, 7) is 0.